The standard InChI is InChI=1S/C13H12ClN3O2/c1-9-6-11(8-16-13(9)14)15-7-10-4-2-3-5-12(10)17(18)19/h2-6,8,15H,7H2,1H3. The Morgan fingerprint density at radius 2 is 2.16 bits per heavy atom. The minimum Gasteiger partial charge on any atom is -0.379 e. The molecular weight excluding hydrogens is 266 g/mol. The smallest absolute Gasteiger partial charge is 0.274 e. The van der Waals surface area contributed by atoms with E-state index in [0.717, 1.165) is 11.3 Å². The molecule has 0 radical (unpaired) electrons. The molecular formula is C13H12ClN3O2. The molecule has 0 fully saturated rings. The lowest BCUT2D eigenvalue weighted by Gasteiger charge is -2.08. The molecule has 0 saturated carbocycles. The van der Waals surface area contributed by atoms with Gasteiger partial charge < -0.3 is 5.32 Å². The van der Waals surface area contributed by atoms with E-state index in [-0.39, 0.29) is 10.6 Å². The Labute approximate surface area is 115 Å². The Morgan fingerprint density at radius 1 is 1.42 bits per heavy atom. The lowest BCUT2D eigenvalue weighted by Crippen LogP contribution is -2.03. The van der Waals surface area contributed by atoms with Gasteiger partial charge in [0.2, 0.25) is 0 Å². The van der Waals surface area contributed by atoms with E-state index >= 15 is 0 Å². The summed E-state index contributed by atoms with van der Waals surface area (Å²) in [5.41, 5.74) is 2.36. The van der Waals surface area contributed by atoms with Crippen LogP contribution in [0.5, 0.6) is 0 Å². The number of hydrogen-bond donors (Lipinski definition) is 1. The zero-order valence-corrected chi connectivity index (χ0v) is 11.0. The van der Waals surface area contributed by atoms with Gasteiger partial charge in [0.15, 0.2) is 0 Å². The number of halogens is 1. The van der Waals surface area contributed by atoms with Crippen LogP contribution in [0.2, 0.25) is 5.15 Å². The normalized spacial score (nSPS) is 10.2. The van der Waals surface area contributed by atoms with Gasteiger partial charge in [-0.05, 0) is 18.6 Å². The Kier molecular flexibility index (Phi) is 3.97. The molecule has 0 bridgehead atoms. The highest BCUT2D eigenvalue weighted by Crippen LogP contribution is 2.20. The number of anilines is 1. The van der Waals surface area contributed by atoms with E-state index in [1.807, 2.05) is 13.0 Å². The second-order valence-corrected chi connectivity index (χ2v) is 4.43. The summed E-state index contributed by atoms with van der Waals surface area (Å²) in [7, 11) is 0. The van der Waals surface area contributed by atoms with Crippen LogP contribution in [0.25, 0.3) is 0 Å². The molecule has 0 aliphatic heterocycles. The molecule has 1 heterocycles. The maximum atomic E-state index is 10.9. The summed E-state index contributed by atoms with van der Waals surface area (Å²) in [6.45, 7) is 2.21. The number of nitrogens with one attached hydrogen (secondary N) is 1. The van der Waals surface area contributed by atoms with Crippen LogP contribution in [-0.4, -0.2) is 9.91 Å². The zero-order valence-electron chi connectivity index (χ0n) is 10.3. The average Bonchev–Trinajstić information content (AvgIpc) is 2.40. The van der Waals surface area contributed by atoms with Crippen molar-refractivity contribution in [3.63, 3.8) is 0 Å². The third-order valence-corrected chi connectivity index (χ3v) is 3.08. The van der Waals surface area contributed by atoms with Gasteiger partial charge in [-0.15, -0.1) is 0 Å². The SMILES string of the molecule is Cc1cc(NCc2ccccc2[N+](=O)[O-])cnc1Cl. The largest absolute Gasteiger partial charge is 0.379 e. The summed E-state index contributed by atoms with van der Waals surface area (Å²) in [4.78, 5) is 14.5. The van der Waals surface area contributed by atoms with E-state index in [0.29, 0.717) is 17.3 Å². The molecule has 0 aliphatic rings. The highest BCUT2D eigenvalue weighted by molar-refractivity contribution is 6.30. The van der Waals surface area contributed by atoms with Crippen molar-refractivity contribution < 1.29 is 4.92 Å². The van der Waals surface area contributed by atoms with Gasteiger partial charge in [-0.3, -0.25) is 10.1 Å². The number of para-hydroxylation sites is 1. The van der Waals surface area contributed by atoms with E-state index in [1.165, 1.54) is 6.07 Å². The van der Waals surface area contributed by atoms with Crippen molar-refractivity contribution in [1.29, 1.82) is 0 Å². The number of hydrogen-bond acceptors (Lipinski definition) is 4. The van der Waals surface area contributed by atoms with Gasteiger partial charge in [-0.1, -0.05) is 29.8 Å². The molecule has 98 valence electrons. The monoisotopic (exact) mass is 277 g/mol. The summed E-state index contributed by atoms with van der Waals surface area (Å²) in [6, 6.07) is 8.48. The first-order valence-corrected chi connectivity index (χ1v) is 6.04. The van der Waals surface area contributed by atoms with E-state index in [4.69, 9.17) is 11.6 Å². The third-order valence-electron chi connectivity index (χ3n) is 2.69. The number of nitro groups is 1. The van der Waals surface area contributed by atoms with E-state index in [1.54, 1.807) is 24.4 Å². The lowest BCUT2D eigenvalue weighted by molar-refractivity contribution is -0.385. The minimum atomic E-state index is -0.387. The Balaban J connectivity index is 2.14. The van der Waals surface area contributed by atoms with Crippen molar-refractivity contribution in [3.8, 4) is 0 Å². The van der Waals surface area contributed by atoms with Crippen LogP contribution in [0.15, 0.2) is 36.5 Å². The third kappa shape index (κ3) is 3.20. The second-order valence-electron chi connectivity index (χ2n) is 4.07. The van der Waals surface area contributed by atoms with Gasteiger partial charge in [-0.25, -0.2) is 4.98 Å². The summed E-state index contributed by atoms with van der Waals surface area (Å²) in [6.07, 6.45) is 1.60. The van der Waals surface area contributed by atoms with Crippen LogP contribution in [0.1, 0.15) is 11.1 Å². The number of rotatable bonds is 4. The summed E-state index contributed by atoms with van der Waals surface area (Å²) >= 11 is 5.84. The van der Waals surface area contributed by atoms with Crippen LogP contribution in [0, 0.1) is 17.0 Å². The fourth-order valence-corrected chi connectivity index (χ4v) is 1.79. The van der Waals surface area contributed by atoms with Crippen LogP contribution < -0.4 is 5.32 Å². The minimum absolute atomic E-state index is 0.105. The lowest BCUT2D eigenvalue weighted by atomic mass is 10.2. The fraction of sp³-hybridized carbons (Fsp3) is 0.154. The average molecular weight is 278 g/mol. The van der Waals surface area contributed by atoms with Crippen LogP contribution in [0.3, 0.4) is 0 Å². The molecule has 6 heteroatoms. The molecule has 2 aromatic rings. The molecule has 0 unspecified atom stereocenters. The van der Waals surface area contributed by atoms with Gasteiger partial charge in [0.1, 0.15) is 5.15 Å². The highest BCUT2D eigenvalue weighted by Gasteiger charge is 2.11. The van der Waals surface area contributed by atoms with E-state index in [2.05, 4.69) is 10.3 Å². The molecule has 5 nitrogen and oxygen atoms in total. The summed E-state index contributed by atoms with van der Waals surface area (Å²) in [5, 5.41) is 14.4. The highest BCUT2D eigenvalue weighted by atomic mass is 35.5. The summed E-state index contributed by atoms with van der Waals surface area (Å²) < 4.78 is 0. The van der Waals surface area contributed by atoms with Gasteiger partial charge in [0.25, 0.3) is 5.69 Å². The molecule has 0 saturated heterocycles. The predicted molar refractivity (Wildman–Crippen MR) is 74.4 cm³/mol. The summed E-state index contributed by atoms with van der Waals surface area (Å²) in [5.74, 6) is 0. The van der Waals surface area contributed by atoms with Crippen LogP contribution >= 0.6 is 11.6 Å². The number of aryl methyl sites for hydroxylation is 1. The second kappa shape index (κ2) is 5.67. The van der Waals surface area contributed by atoms with Crippen molar-refractivity contribution >= 4 is 23.0 Å². The Bertz CT molecular complexity index is 617. The van der Waals surface area contributed by atoms with Crippen molar-refractivity contribution in [2.75, 3.05) is 5.32 Å². The van der Waals surface area contributed by atoms with Crippen molar-refractivity contribution in [3.05, 3.63) is 62.9 Å². The maximum absolute atomic E-state index is 10.9. The molecule has 0 atom stereocenters. The predicted octanol–water partition coefficient (Wildman–Crippen LogP) is 3.56. The molecule has 0 amide bonds. The molecule has 0 spiro atoms. The fourth-order valence-electron chi connectivity index (χ4n) is 1.69. The number of aromatic nitrogens is 1. The molecule has 19 heavy (non-hydrogen) atoms. The first-order valence-electron chi connectivity index (χ1n) is 5.66. The number of benzene rings is 1. The Hall–Kier alpha value is -2.14. The first-order chi connectivity index (χ1) is 9.08. The van der Waals surface area contributed by atoms with Crippen molar-refractivity contribution in [2.24, 2.45) is 0 Å². The Morgan fingerprint density at radius 3 is 2.84 bits per heavy atom. The van der Waals surface area contributed by atoms with Crippen LogP contribution in [0.4, 0.5) is 11.4 Å². The quantitative estimate of drug-likeness (QED) is 0.527. The molecule has 0 aliphatic carbocycles. The molecule has 1 aromatic carbocycles. The van der Waals surface area contributed by atoms with Gasteiger partial charge in [0.05, 0.1) is 16.8 Å². The van der Waals surface area contributed by atoms with Crippen molar-refractivity contribution in [2.45, 2.75) is 13.5 Å². The van der Waals surface area contributed by atoms with Crippen LogP contribution in [-0.2, 0) is 6.54 Å². The number of nitro benzene ring substituents is 1. The number of pyridine rings is 1. The molecule has 2 rings (SSSR count). The van der Waals surface area contributed by atoms with E-state index in [9.17, 15) is 10.1 Å². The maximum Gasteiger partial charge on any atom is 0.274 e. The van der Waals surface area contributed by atoms with E-state index < -0.39 is 0 Å². The van der Waals surface area contributed by atoms with Gasteiger partial charge in [-0.2, -0.15) is 0 Å². The molecule has 1 aromatic heterocycles. The topological polar surface area (TPSA) is 68.1 Å². The molecule has 1 N–H and O–H groups in total. The zero-order chi connectivity index (χ0) is 13.8. The van der Waals surface area contributed by atoms with Gasteiger partial charge in [0, 0.05) is 18.2 Å². The number of nitrogens with zero attached hydrogens (tertiary/aromatic N) is 2. The first kappa shape index (κ1) is 13.3. The van der Waals surface area contributed by atoms with Crippen molar-refractivity contribution in [1.82, 2.24) is 4.98 Å². The van der Waals surface area contributed by atoms with Gasteiger partial charge >= 0.3 is 0 Å².